The Kier molecular flexibility index (Phi) is 5.46. The molecule has 1 saturated carbocycles. The molecule has 1 aromatic carbocycles. The van der Waals surface area contributed by atoms with E-state index in [4.69, 9.17) is 5.73 Å². The van der Waals surface area contributed by atoms with Crippen molar-refractivity contribution in [1.29, 1.82) is 0 Å². The minimum Gasteiger partial charge on any atom is -0.368 e. The molecular weight excluding hydrogens is 290 g/mol. The fourth-order valence-electron chi connectivity index (χ4n) is 2.98. The Morgan fingerprint density at radius 2 is 1.77 bits per heavy atom. The maximum absolute atomic E-state index is 13.5. The first-order valence-electron chi connectivity index (χ1n) is 7.50. The fourth-order valence-corrected chi connectivity index (χ4v) is 2.98. The Hall–Kier alpha value is -1.98. The molecule has 22 heavy (non-hydrogen) atoms. The van der Waals surface area contributed by atoms with E-state index in [9.17, 15) is 18.4 Å². The van der Waals surface area contributed by atoms with Crippen molar-refractivity contribution in [2.45, 2.75) is 44.6 Å². The zero-order valence-corrected chi connectivity index (χ0v) is 12.3. The Balaban J connectivity index is 2.03. The highest BCUT2D eigenvalue weighted by Crippen LogP contribution is 2.26. The number of hydrogen-bond donors (Lipinski definition) is 2. The van der Waals surface area contributed by atoms with Gasteiger partial charge in [-0.3, -0.25) is 9.59 Å². The summed E-state index contributed by atoms with van der Waals surface area (Å²) in [7, 11) is 0. The van der Waals surface area contributed by atoms with Crippen LogP contribution in [0.4, 0.5) is 8.78 Å². The molecule has 1 atom stereocenters. The van der Waals surface area contributed by atoms with Crippen LogP contribution in [-0.2, 0) is 16.0 Å². The minimum absolute atomic E-state index is 0.000618. The maximum atomic E-state index is 13.5. The molecule has 0 aromatic heterocycles. The lowest BCUT2D eigenvalue weighted by atomic mass is 9.83. The molecule has 0 radical (unpaired) electrons. The summed E-state index contributed by atoms with van der Waals surface area (Å²) in [6.07, 6.45) is 4.29. The molecule has 1 fully saturated rings. The number of carbonyl (C=O) groups is 2. The largest absolute Gasteiger partial charge is 0.368 e. The van der Waals surface area contributed by atoms with Crippen molar-refractivity contribution in [1.82, 2.24) is 5.32 Å². The zero-order valence-electron chi connectivity index (χ0n) is 12.3. The summed E-state index contributed by atoms with van der Waals surface area (Å²) in [6.45, 7) is 0. The highest BCUT2D eigenvalue weighted by molar-refractivity contribution is 5.87. The summed E-state index contributed by atoms with van der Waals surface area (Å²) in [5.74, 6) is -2.75. The Morgan fingerprint density at radius 3 is 2.32 bits per heavy atom. The third kappa shape index (κ3) is 4.02. The van der Waals surface area contributed by atoms with Crippen LogP contribution in [-0.4, -0.2) is 17.9 Å². The molecule has 0 spiro atoms. The van der Waals surface area contributed by atoms with Gasteiger partial charge in [-0.2, -0.15) is 0 Å². The van der Waals surface area contributed by atoms with Crippen molar-refractivity contribution < 1.29 is 18.4 Å². The summed E-state index contributed by atoms with van der Waals surface area (Å²) >= 11 is 0. The van der Waals surface area contributed by atoms with E-state index in [1.807, 2.05) is 0 Å². The van der Waals surface area contributed by atoms with Gasteiger partial charge < -0.3 is 11.1 Å². The van der Waals surface area contributed by atoms with Crippen molar-refractivity contribution in [2.24, 2.45) is 11.7 Å². The van der Waals surface area contributed by atoms with E-state index in [1.165, 1.54) is 6.07 Å². The third-order valence-electron chi connectivity index (χ3n) is 4.14. The van der Waals surface area contributed by atoms with Crippen LogP contribution in [0.15, 0.2) is 18.2 Å². The molecule has 2 rings (SSSR count). The number of benzene rings is 1. The molecule has 120 valence electrons. The molecule has 1 aliphatic carbocycles. The van der Waals surface area contributed by atoms with Gasteiger partial charge in [0.15, 0.2) is 0 Å². The predicted molar refractivity (Wildman–Crippen MR) is 77.8 cm³/mol. The number of nitrogens with one attached hydrogen (secondary N) is 1. The van der Waals surface area contributed by atoms with E-state index < -0.39 is 35.9 Å². The number of carbonyl (C=O) groups excluding carboxylic acids is 2. The van der Waals surface area contributed by atoms with Crippen molar-refractivity contribution in [3.63, 3.8) is 0 Å². The minimum atomic E-state index is -0.775. The molecule has 0 bridgehead atoms. The van der Waals surface area contributed by atoms with Gasteiger partial charge in [-0.25, -0.2) is 8.78 Å². The summed E-state index contributed by atoms with van der Waals surface area (Å²) in [5.41, 5.74) is 5.07. The van der Waals surface area contributed by atoms with Crippen LogP contribution in [0, 0.1) is 17.6 Å². The standard InChI is InChI=1S/C16H20F2N2O2/c17-12-7-4-8-13(18)11(12)9-14(21)20-15(16(19)22)10-5-2-1-3-6-10/h4,7-8,10,15H,1-3,5-6,9H2,(H2,19,22)(H,20,21)/t15-/m1/s1. The zero-order chi connectivity index (χ0) is 16.1. The summed E-state index contributed by atoms with van der Waals surface area (Å²) in [6, 6.07) is 2.65. The van der Waals surface area contributed by atoms with Crippen LogP contribution in [0.2, 0.25) is 0 Å². The number of amides is 2. The molecule has 0 aliphatic heterocycles. The first-order valence-corrected chi connectivity index (χ1v) is 7.50. The lowest BCUT2D eigenvalue weighted by Gasteiger charge is -2.28. The monoisotopic (exact) mass is 310 g/mol. The van der Waals surface area contributed by atoms with Crippen LogP contribution < -0.4 is 11.1 Å². The number of nitrogens with two attached hydrogens (primary N) is 1. The van der Waals surface area contributed by atoms with Gasteiger partial charge >= 0.3 is 0 Å². The summed E-state index contributed by atoms with van der Waals surface area (Å²) in [5, 5.41) is 2.54. The Labute approximate surface area is 128 Å². The number of rotatable bonds is 5. The first kappa shape index (κ1) is 16.4. The SMILES string of the molecule is NC(=O)[C@H](NC(=O)Cc1c(F)cccc1F)C1CCCCC1. The third-order valence-corrected chi connectivity index (χ3v) is 4.14. The van der Waals surface area contributed by atoms with Gasteiger partial charge in [-0.05, 0) is 30.9 Å². The van der Waals surface area contributed by atoms with Gasteiger partial charge in [0.1, 0.15) is 17.7 Å². The van der Waals surface area contributed by atoms with E-state index in [-0.39, 0.29) is 11.5 Å². The number of hydrogen-bond acceptors (Lipinski definition) is 2. The van der Waals surface area contributed by atoms with Crippen LogP contribution in [0.5, 0.6) is 0 Å². The van der Waals surface area contributed by atoms with Gasteiger partial charge in [0.25, 0.3) is 0 Å². The van der Waals surface area contributed by atoms with E-state index in [2.05, 4.69) is 5.32 Å². The molecule has 1 aliphatic rings. The van der Waals surface area contributed by atoms with Gasteiger partial charge in [0.2, 0.25) is 11.8 Å². The second-order valence-electron chi connectivity index (χ2n) is 5.72. The van der Waals surface area contributed by atoms with E-state index in [0.29, 0.717) is 0 Å². The van der Waals surface area contributed by atoms with Gasteiger partial charge in [0.05, 0.1) is 6.42 Å². The molecular formula is C16H20F2N2O2. The highest BCUT2D eigenvalue weighted by Gasteiger charge is 2.29. The molecule has 4 nitrogen and oxygen atoms in total. The van der Waals surface area contributed by atoms with Gasteiger partial charge in [-0.1, -0.05) is 25.3 Å². The van der Waals surface area contributed by atoms with Gasteiger partial charge in [0, 0.05) is 5.56 Å². The summed E-state index contributed by atoms with van der Waals surface area (Å²) in [4.78, 5) is 23.6. The normalized spacial score (nSPS) is 17.0. The summed E-state index contributed by atoms with van der Waals surface area (Å²) < 4.78 is 27.1. The molecule has 0 unspecified atom stereocenters. The first-order chi connectivity index (χ1) is 10.5. The number of primary amides is 1. The highest BCUT2D eigenvalue weighted by atomic mass is 19.1. The van der Waals surface area contributed by atoms with Crippen molar-refractivity contribution in [3.05, 3.63) is 35.4 Å². The lowest BCUT2D eigenvalue weighted by Crippen LogP contribution is -2.50. The second kappa shape index (κ2) is 7.33. The van der Waals surface area contributed by atoms with Crippen LogP contribution in [0.3, 0.4) is 0 Å². The average Bonchev–Trinajstić information content (AvgIpc) is 2.49. The Morgan fingerprint density at radius 1 is 1.18 bits per heavy atom. The molecule has 3 N–H and O–H groups in total. The van der Waals surface area contributed by atoms with Crippen LogP contribution in [0.25, 0.3) is 0 Å². The molecule has 1 aromatic rings. The molecule has 0 heterocycles. The van der Waals surface area contributed by atoms with Crippen molar-refractivity contribution in [3.8, 4) is 0 Å². The van der Waals surface area contributed by atoms with Crippen LogP contribution in [0.1, 0.15) is 37.7 Å². The van der Waals surface area contributed by atoms with E-state index in [1.54, 1.807) is 0 Å². The maximum Gasteiger partial charge on any atom is 0.240 e. The van der Waals surface area contributed by atoms with Crippen molar-refractivity contribution >= 4 is 11.8 Å². The molecule has 6 heteroatoms. The van der Waals surface area contributed by atoms with Gasteiger partial charge in [-0.15, -0.1) is 0 Å². The molecule has 2 amide bonds. The lowest BCUT2D eigenvalue weighted by molar-refractivity contribution is -0.128. The quantitative estimate of drug-likeness (QED) is 0.874. The van der Waals surface area contributed by atoms with E-state index >= 15 is 0 Å². The van der Waals surface area contributed by atoms with Crippen LogP contribution >= 0.6 is 0 Å². The van der Waals surface area contributed by atoms with E-state index in [0.717, 1.165) is 44.2 Å². The average molecular weight is 310 g/mol. The topological polar surface area (TPSA) is 72.2 Å². The predicted octanol–water partition coefficient (Wildman–Crippen LogP) is 2.06. The Bertz CT molecular complexity index is 537. The van der Waals surface area contributed by atoms with Crippen molar-refractivity contribution in [2.75, 3.05) is 0 Å². The number of halogens is 2. The molecule has 0 saturated heterocycles. The fraction of sp³-hybridized carbons (Fsp3) is 0.500. The smallest absolute Gasteiger partial charge is 0.240 e. The second-order valence-corrected chi connectivity index (χ2v) is 5.72.